The first kappa shape index (κ1) is 45.3. The molecule has 2 unspecified atom stereocenters. The molecule has 0 spiro atoms. The standard InChI is InChI=1S/C31H35N9O3.C7H13NO.C4H8.C2H4O2/c1-40-13-5-6-27(40)30-36-22-11-10-20(16-25(22)37-30)23-14-19-8-9-21(15-24(19)39-38-23)26-17-33-28(35-26)7-3-4-12-32-29(41)18-34-31(42)43-2;1-8-7(5-9)6-3-2-4-6;1-2-4-3-1;1-4-2-3/h8-11,14-17,27H,3-7,12-13,18H2,1-2H3,(H,32,41)(H,33,35)(H,34,42)(H,36,37);5-8H,2-4H2,1H3;1-4H2;2H,1H3. The van der Waals surface area contributed by atoms with E-state index in [0.29, 0.717) is 25.0 Å². The number of ether oxygens (including phenoxy) is 2. The number of methoxy groups -OCH3 is 2. The molecule has 322 valence electrons. The highest BCUT2D eigenvalue weighted by Gasteiger charge is 2.26. The van der Waals surface area contributed by atoms with E-state index in [1.807, 2.05) is 25.4 Å². The van der Waals surface area contributed by atoms with Gasteiger partial charge in [0.15, 0.2) is 0 Å². The van der Waals surface area contributed by atoms with Crippen molar-refractivity contribution >= 4 is 46.7 Å². The van der Waals surface area contributed by atoms with Crippen LogP contribution in [0.1, 0.15) is 88.3 Å². The molecule has 2 atom stereocenters. The Morgan fingerprint density at radius 2 is 1.67 bits per heavy atom. The molecule has 3 aliphatic rings. The molecule has 16 nitrogen and oxygen atoms in total. The number of imidazole rings is 2. The third-order valence-corrected chi connectivity index (χ3v) is 11.1. The molecule has 2 aliphatic carbocycles. The van der Waals surface area contributed by atoms with Crippen LogP contribution in [0.5, 0.6) is 0 Å². The van der Waals surface area contributed by atoms with E-state index in [2.05, 4.69) is 92.9 Å². The van der Waals surface area contributed by atoms with E-state index in [1.165, 1.54) is 65.6 Å². The zero-order chi connectivity index (χ0) is 42.7. The third-order valence-electron chi connectivity index (χ3n) is 11.1. The van der Waals surface area contributed by atoms with Crippen molar-refractivity contribution in [3.63, 3.8) is 0 Å². The number of aldehydes is 1. The number of alkyl carbamates (subject to hydrolysis) is 1. The van der Waals surface area contributed by atoms with Gasteiger partial charge in [0, 0.05) is 29.5 Å². The number of fused-ring (bicyclic) bond motifs is 2. The first-order valence-electron chi connectivity index (χ1n) is 21.0. The number of likely N-dealkylation sites (tertiary alicyclic amines) is 1. The van der Waals surface area contributed by atoms with E-state index in [9.17, 15) is 14.4 Å². The van der Waals surface area contributed by atoms with Crippen LogP contribution in [0.3, 0.4) is 0 Å². The lowest BCUT2D eigenvalue weighted by atomic mass is 9.80. The summed E-state index contributed by atoms with van der Waals surface area (Å²) in [6.45, 7) is 1.90. The fourth-order valence-corrected chi connectivity index (χ4v) is 6.98. The van der Waals surface area contributed by atoms with Crippen molar-refractivity contribution in [2.45, 2.75) is 89.1 Å². The number of hydrogen-bond acceptors (Lipinski definition) is 12. The van der Waals surface area contributed by atoms with Crippen molar-refractivity contribution in [3.8, 4) is 22.5 Å². The minimum atomic E-state index is -0.628. The Kier molecular flexibility index (Phi) is 17.9. The van der Waals surface area contributed by atoms with Gasteiger partial charge in [-0.15, -0.1) is 10.2 Å². The van der Waals surface area contributed by atoms with Gasteiger partial charge in [0.05, 0.1) is 67.0 Å². The van der Waals surface area contributed by atoms with Gasteiger partial charge in [-0.2, -0.15) is 0 Å². The van der Waals surface area contributed by atoms with E-state index in [0.717, 1.165) is 94.6 Å². The Hall–Kier alpha value is -5.74. The number of aromatic nitrogens is 6. The maximum Gasteiger partial charge on any atom is 0.407 e. The van der Waals surface area contributed by atoms with Crippen molar-refractivity contribution in [2.24, 2.45) is 5.92 Å². The molecule has 3 aromatic heterocycles. The first-order valence-corrected chi connectivity index (χ1v) is 21.0. The summed E-state index contributed by atoms with van der Waals surface area (Å²) < 4.78 is 8.31. The lowest BCUT2D eigenvalue weighted by Crippen LogP contribution is -2.38. The molecule has 0 bridgehead atoms. The van der Waals surface area contributed by atoms with Gasteiger partial charge in [0.2, 0.25) is 5.91 Å². The lowest BCUT2D eigenvalue weighted by molar-refractivity contribution is -0.126. The Labute approximate surface area is 351 Å². The smallest absolute Gasteiger partial charge is 0.407 e. The minimum absolute atomic E-state index is 0.105. The Balaban J connectivity index is 0.000000333. The fraction of sp³-hybridized carbons (Fsp3) is 0.500. The quantitative estimate of drug-likeness (QED) is 0.0641. The number of aromatic amines is 2. The number of likely N-dealkylation sites (N-methyl/N-ethyl adjacent to an activating group) is 1. The zero-order valence-electron chi connectivity index (χ0n) is 35.3. The predicted molar refractivity (Wildman–Crippen MR) is 231 cm³/mol. The predicted octanol–water partition coefficient (Wildman–Crippen LogP) is 6.05. The van der Waals surface area contributed by atoms with Crippen LogP contribution in [0.25, 0.3) is 44.5 Å². The number of rotatable bonds is 14. The van der Waals surface area contributed by atoms with E-state index >= 15 is 0 Å². The molecule has 2 amide bonds. The molecule has 8 rings (SSSR count). The first-order chi connectivity index (χ1) is 29.3. The van der Waals surface area contributed by atoms with Crippen LogP contribution in [-0.4, -0.2) is 114 Å². The summed E-state index contributed by atoms with van der Waals surface area (Å²) in [4.78, 5) is 60.7. The van der Waals surface area contributed by atoms with Crippen molar-refractivity contribution < 1.29 is 28.7 Å². The van der Waals surface area contributed by atoms with Crippen LogP contribution in [-0.2, 0) is 30.3 Å². The van der Waals surface area contributed by atoms with Gasteiger partial charge < -0.3 is 40.2 Å². The molecule has 5 aromatic rings. The van der Waals surface area contributed by atoms with Crippen LogP contribution < -0.4 is 16.0 Å². The van der Waals surface area contributed by atoms with Crippen molar-refractivity contribution in [2.75, 3.05) is 47.9 Å². The number of H-pyrrole nitrogens is 2. The summed E-state index contributed by atoms with van der Waals surface area (Å²) in [5, 5.41) is 18.2. The molecule has 60 heavy (non-hydrogen) atoms. The normalized spacial score (nSPS) is 16.3. The number of carbonyl (C=O) groups excluding carboxylic acids is 4. The van der Waals surface area contributed by atoms with Gasteiger partial charge in [-0.1, -0.05) is 50.3 Å². The van der Waals surface area contributed by atoms with Crippen LogP contribution in [0.2, 0.25) is 0 Å². The average molecular weight is 825 g/mol. The molecule has 4 heterocycles. The van der Waals surface area contributed by atoms with Crippen LogP contribution in [0, 0.1) is 5.92 Å². The average Bonchev–Trinajstić information content (AvgIpc) is 4.00. The monoisotopic (exact) mass is 824 g/mol. The molecule has 0 radical (unpaired) electrons. The fourth-order valence-electron chi connectivity index (χ4n) is 6.98. The second kappa shape index (κ2) is 23.7. The minimum Gasteiger partial charge on any atom is -0.471 e. The molecule has 2 aromatic carbocycles. The number of aryl methyl sites for hydroxylation is 1. The topological polar surface area (TPSA) is 209 Å². The number of benzene rings is 2. The molecule has 2 saturated carbocycles. The highest BCUT2D eigenvalue weighted by atomic mass is 16.5. The van der Waals surface area contributed by atoms with Gasteiger partial charge in [0.25, 0.3) is 6.47 Å². The zero-order valence-corrected chi connectivity index (χ0v) is 35.3. The summed E-state index contributed by atoms with van der Waals surface area (Å²) >= 11 is 0. The van der Waals surface area contributed by atoms with Crippen molar-refractivity contribution in [1.82, 2.24) is 51.0 Å². The van der Waals surface area contributed by atoms with Gasteiger partial charge in [-0.3, -0.25) is 14.5 Å². The number of carbonyl (C=O) groups is 4. The van der Waals surface area contributed by atoms with Gasteiger partial charge in [-0.05, 0) is 89.3 Å². The highest BCUT2D eigenvalue weighted by Crippen LogP contribution is 2.32. The second-order valence-corrected chi connectivity index (χ2v) is 15.3. The van der Waals surface area contributed by atoms with Crippen LogP contribution in [0.4, 0.5) is 4.79 Å². The molecular formula is C44H60N10O6. The van der Waals surface area contributed by atoms with Crippen molar-refractivity contribution in [1.29, 1.82) is 0 Å². The van der Waals surface area contributed by atoms with E-state index in [1.54, 1.807) is 0 Å². The number of unbranched alkanes of at least 4 members (excludes halogenated alkanes) is 1. The summed E-state index contributed by atoms with van der Waals surface area (Å²) in [5.41, 5.74) is 6.50. The molecule has 1 aliphatic heterocycles. The molecule has 3 fully saturated rings. The Bertz CT molecular complexity index is 2120. The largest absolute Gasteiger partial charge is 0.471 e. The number of nitrogens with one attached hydrogen (secondary N) is 5. The molecule has 16 heteroatoms. The Morgan fingerprint density at radius 1 is 0.900 bits per heavy atom. The van der Waals surface area contributed by atoms with E-state index in [4.69, 9.17) is 9.78 Å². The third kappa shape index (κ3) is 13.1. The lowest BCUT2D eigenvalue weighted by Gasteiger charge is -2.29. The van der Waals surface area contributed by atoms with Gasteiger partial charge >= 0.3 is 6.09 Å². The van der Waals surface area contributed by atoms with E-state index in [-0.39, 0.29) is 18.5 Å². The summed E-state index contributed by atoms with van der Waals surface area (Å²) in [5.74, 6) is 2.29. The molecule has 5 N–H and O–H groups in total. The van der Waals surface area contributed by atoms with Crippen LogP contribution in [0.15, 0.2) is 48.7 Å². The van der Waals surface area contributed by atoms with Gasteiger partial charge in [-0.25, -0.2) is 14.8 Å². The molecule has 1 saturated heterocycles. The summed E-state index contributed by atoms with van der Waals surface area (Å²) in [6, 6.07) is 14.9. The molecular weight excluding hydrogens is 765 g/mol. The summed E-state index contributed by atoms with van der Waals surface area (Å²) in [7, 11) is 6.57. The highest BCUT2D eigenvalue weighted by molar-refractivity contribution is 5.87. The maximum atomic E-state index is 11.7. The second-order valence-electron chi connectivity index (χ2n) is 15.3. The maximum absolute atomic E-state index is 11.7. The van der Waals surface area contributed by atoms with Crippen LogP contribution >= 0.6 is 0 Å². The van der Waals surface area contributed by atoms with E-state index < -0.39 is 6.09 Å². The van der Waals surface area contributed by atoms with Crippen molar-refractivity contribution in [3.05, 3.63) is 60.3 Å². The number of amides is 2. The summed E-state index contributed by atoms with van der Waals surface area (Å²) in [6.07, 6.45) is 16.7. The number of nitrogens with zero attached hydrogens (tertiary/aromatic N) is 5. The number of hydrogen-bond donors (Lipinski definition) is 5. The Morgan fingerprint density at radius 3 is 2.28 bits per heavy atom. The SMILES string of the molecule is C1CCC1.CNC(C=O)C1CCC1.COC(=O)NCC(=O)NCCCCc1ncc(-c2ccc3cc(-c4ccc5nc(C6CCCN6C)[nH]c5c4)nnc3c2)[nH]1.COC=O. The van der Waals surface area contributed by atoms with Gasteiger partial charge in [0.1, 0.15) is 17.9 Å².